The van der Waals surface area contributed by atoms with Gasteiger partial charge in [-0.15, -0.1) is 25.3 Å². The highest BCUT2D eigenvalue weighted by Gasteiger charge is 1.99. The molecule has 0 aliphatic rings. The van der Waals surface area contributed by atoms with E-state index in [1.807, 2.05) is 30.3 Å². The lowest BCUT2D eigenvalue weighted by atomic mass is 10.1. The number of rotatable bonds is 0. The first-order chi connectivity index (χ1) is 6.16. The second kappa shape index (κ2) is 3.16. The molecular weight excluding hydrogens is 198 g/mol. The molecule has 0 saturated heterocycles. The molecule has 2 rings (SSSR count). The summed E-state index contributed by atoms with van der Waals surface area (Å²) in [5, 5.41) is 2.13. The zero-order chi connectivity index (χ0) is 9.42. The standard InChI is InChI=1S/C10H9NS2/c11-10-5-8(13)4-6-3-7(12)1-2-9(6)10/h1-5,12-13H,11H2. The third kappa shape index (κ3) is 1.62. The van der Waals surface area contributed by atoms with Crippen LogP contribution in [-0.4, -0.2) is 0 Å². The Morgan fingerprint density at radius 3 is 2.38 bits per heavy atom. The monoisotopic (exact) mass is 207 g/mol. The van der Waals surface area contributed by atoms with Gasteiger partial charge in [0.1, 0.15) is 0 Å². The fourth-order valence-electron chi connectivity index (χ4n) is 1.37. The van der Waals surface area contributed by atoms with Gasteiger partial charge < -0.3 is 5.73 Å². The minimum Gasteiger partial charge on any atom is -0.398 e. The van der Waals surface area contributed by atoms with Crippen molar-refractivity contribution in [2.24, 2.45) is 0 Å². The Morgan fingerprint density at radius 1 is 0.923 bits per heavy atom. The highest BCUT2D eigenvalue weighted by molar-refractivity contribution is 7.80. The van der Waals surface area contributed by atoms with Crippen LogP contribution in [0.5, 0.6) is 0 Å². The number of nitrogen functional groups attached to an aromatic ring is 1. The Hall–Kier alpha value is -0.800. The molecule has 0 heterocycles. The highest BCUT2D eigenvalue weighted by Crippen LogP contribution is 2.26. The van der Waals surface area contributed by atoms with E-state index in [2.05, 4.69) is 25.3 Å². The van der Waals surface area contributed by atoms with E-state index < -0.39 is 0 Å². The van der Waals surface area contributed by atoms with Gasteiger partial charge >= 0.3 is 0 Å². The van der Waals surface area contributed by atoms with Crippen LogP contribution in [-0.2, 0) is 0 Å². The van der Waals surface area contributed by atoms with Crippen molar-refractivity contribution in [2.75, 3.05) is 5.73 Å². The summed E-state index contributed by atoms with van der Waals surface area (Å²) in [7, 11) is 0. The van der Waals surface area contributed by atoms with E-state index in [4.69, 9.17) is 5.73 Å². The highest BCUT2D eigenvalue weighted by atomic mass is 32.1. The molecular formula is C10H9NS2. The number of anilines is 1. The molecule has 0 spiro atoms. The average molecular weight is 207 g/mol. The van der Waals surface area contributed by atoms with Crippen LogP contribution >= 0.6 is 25.3 Å². The van der Waals surface area contributed by atoms with Gasteiger partial charge in [-0.2, -0.15) is 0 Å². The smallest absolute Gasteiger partial charge is 0.0404 e. The third-order valence-electron chi connectivity index (χ3n) is 1.95. The van der Waals surface area contributed by atoms with Crippen LogP contribution in [0.3, 0.4) is 0 Å². The summed E-state index contributed by atoms with van der Waals surface area (Å²) in [6.07, 6.45) is 0. The zero-order valence-corrected chi connectivity index (χ0v) is 8.65. The molecule has 0 fully saturated rings. The number of hydrogen-bond acceptors (Lipinski definition) is 3. The number of thiol groups is 2. The van der Waals surface area contributed by atoms with Crippen molar-refractivity contribution in [3.05, 3.63) is 30.3 Å². The van der Waals surface area contributed by atoms with E-state index in [0.717, 1.165) is 26.3 Å². The lowest BCUT2D eigenvalue weighted by Gasteiger charge is -2.03. The molecule has 13 heavy (non-hydrogen) atoms. The summed E-state index contributed by atoms with van der Waals surface area (Å²) in [6, 6.07) is 9.72. The Balaban J connectivity index is 2.86. The van der Waals surface area contributed by atoms with E-state index in [1.165, 1.54) is 0 Å². The molecule has 0 atom stereocenters. The van der Waals surface area contributed by atoms with Gasteiger partial charge in [0.05, 0.1) is 0 Å². The van der Waals surface area contributed by atoms with Crippen LogP contribution in [0.4, 0.5) is 5.69 Å². The van der Waals surface area contributed by atoms with Crippen molar-refractivity contribution in [2.45, 2.75) is 9.79 Å². The van der Waals surface area contributed by atoms with Crippen molar-refractivity contribution in [3.63, 3.8) is 0 Å². The van der Waals surface area contributed by atoms with Gasteiger partial charge in [-0.3, -0.25) is 0 Å². The topological polar surface area (TPSA) is 26.0 Å². The van der Waals surface area contributed by atoms with Crippen molar-refractivity contribution in [3.8, 4) is 0 Å². The van der Waals surface area contributed by atoms with Crippen LogP contribution in [0.2, 0.25) is 0 Å². The van der Waals surface area contributed by atoms with Gasteiger partial charge in [-0.05, 0) is 29.7 Å². The van der Waals surface area contributed by atoms with Gasteiger partial charge in [-0.25, -0.2) is 0 Å². The average Bonchev–Trinajstić information content (AvgIpc) is 2.02. The minimum absolute atomic E-state index is 0.760. The SMILES string of the molecule is Nc1cc(S)cc2cc(S)ccc12. The van der Waals surface area contributed by atoms with Gasteiger partial charge in [0, 0.05) is 20.9 Å². The van der Waals surface area contributed by atoms with E-state index in [9.17, 15) is 0 Å². The molecule has 2 aromatic carbocycles. The molecule has 2 aromatic rings. The summed E-state index contributed by atoms with van der Waals surface area (Å²) in [5.74, 6) is 0. The second-order valence-electron chi connectivity index (χ2n) is 2.94. The third-order valence-corrected chi connectivity index (χ3v) is 2.49. The molecule has 66 valence electrons. The largest absolute Gasteiger partial charge is 0.398 e. The molecule has 2 N–H and O–H groups in total. The van der Waals surface area contributed by atoms with Crippen molar-refractivity contribution in [1.29, 1.82) is 0 Å². The fourth-order valence-corrected chi connectivity index (χ4v) is 1.86. The molecule has 1 nitrogen and oxygen atoms in total. The molecule has 0 amide bonds. The van der Waals surface area contributed by atoms with E-state index >= 15 is 0 Å². The predicted molar refractivity (Wildman–Crippen MR) is 62.9 cm³/mol. The van der Waals surface area contributed by atoms with Crippen LogP contribution in [0.1, 0.15) is 0 Å². The molecule has 0 saturated carbocycles. The number of hydrogen-bond donors (Lipinski definition) is 3. The van der Waals surface area contributed by atoms with Crippen molar-refractivity contribution >= 4 is 41.7 Å². The van der Waals surface area contributed by atoms with Crippen LogP contribution in [0, 0.1) is 0 Å². The molecule has 0 unspecified atom stereocenters. The number of benzene rings is 2. The lowest BCUT2D eigenvalue weighted by molar-refractivity contribution is 1.47. The first-order valence-electron chi connectivity index (χ1n) is 3.88. The number of nitrogens with two attached hydrogens (primary N) is 1. The Kier molecular flexibility index (Phi) is 2.14. The minimum atomic E-state index is 0.760. The lowest BCUT2D eigenvalue weighted by Crippen LogP contribution is -1.87. The fraction of sp³-hybridized carbons (Fsp3) is 0. The Labute approximate surface area is 87.8 Å². The zero-order valence-electron chi connectivity index (χ0n) is 6.86. The van der Waals surface area contributed by atoms with Crippen molar-refractivity contribution in [1.82, 2.24) is 0 Å². The molecule has 0 aliphatic carbocycles. The molecule has 0 radical (unpaired) electrons. The summed E-state index contributed by atoms with van der Waals surface area (Å²) < 4.78 is 0. The van der Waals surface area contributed by atoms with Crippen LogP contribution in [0.25, 0.3) is 10.8 Å². The summed E-state index contributed by atoms with van der Waals surface area (Å²) in [5.41, 5.74) is 6.59. The van der Waals surface area contributed by atoms with Gasteiger partial charge in [0.25, 0.3) is 0 Å². The van der Waals surface area contributed by atoms with Crippen LogP contribution < -0.4 is 5.73 Å². The van der Waals surface area contributed by atoms with Gasteiger partial charge in [0.15, 0.2) is 0 Å². The molecule has 0 aromatic heterocycles. The maximum absolute atomic E-state index is 5.83. The first-order valence-corrected chi connectivity index (χ1v) is 4.77. The van der Waals surface area contributed by atoms with Gasteiger partial charge in [0.2, 0.25) is 0 Å². The number of fused-ring (bicyclic) bond motifs is 1. The van der Waals surface area contributed by atoms with E-state index in [0.29, 0.717) is 0 Å². The molecule has 0 aliphatic heterocycles. The summed E-state index contributed by atoms with van der Waals surface area (Å²) >= 11 is 8.52. The van der Waals surface area contributed by atoms with Crippen LogP contribution in [0.15, 0.2) is 40.1 Å². The first kappa shape index (κ1) is 8.78. The predicted octanol–water partition coefficient (Wildman–Crippen LogP) is 3.00. The van der Waals surface area contributed by atoms with Gasteiger partial charge in [-0.1, -0.05) is 6.07 Å². The quantitative estimate of drug-likeness (QED) is 0.449. The molecule has 0 bridgehead atoms. The normalized spacial score (nSPS) is 10.6. The summed E-state index contributed by atoms with van der Waals surface area (Å²) in [6.45, 7) is 0. The van der Waals surface area contributed by atoms with Crippen molar-refractivity contribution < 1.29 is 0 Å². The maximum atomic E-state index is 5.83. The maximum Gasteiger partial charge on any atom is 0.0404 e. The Bertz CT molecular complexity index is 460. The van der Waals surface area contributed by atoms with E-state index in [-0.39, 0.29) is 0 Å². The summed E-state index contributed by atoms with van der Waals surface area (Å²) in [4.78, 5) is 1.81. The van der Waals surface area contributed by atoms with E-state index in [1.54, 1.807) is 0 Å². The Morgan fingerprint density at radius 2 is 1.62 bits per heavy atom. The second-order valence-corrected chi connectivity index (χ2v) is 3.97. The molecule has 3 heteroatoms.